The molecule has 0 N–H and O–H groups in total. The van der Waals surface area contributed by atoms with Crippen molar-refractivity contribution in [3.63, 3.8) is 0 Å². The van der Waals surface area contributed by atoms with E-state index < -0.39 is 23.4 Å². The van der Waals surface area contributed by atoms with Gasteiger partial charge in [0.05, 0.1) is 0 Å². The highest BCUT2D eigenvalue weighted by Crippen LogP contribution is 2.35. The Labute approximate surface area is 171 Å². The van der Waals surface area contributed by atoms with Gasteiger partial charge in [0.25, 0.3) is 0 Å². The van der Waals surface area contributed by atoms with Crippen LogP contribution in [-0.2, 0) is 12.6 Å². The summed E-state index contributed by atoms with van der Waals surface area (Å²) in [4.78, 5) is 0. The summed E-state index contributed by atoms with van der Waals surface area (Å²) in [5, 5.41) is 0. The molecule has 0 aromatic heterocycles. The molecule has 0 radical (unpaired) electrons. The average Bonchev–Trinajstić information content (AvgIpc) is 2.70. The third-order valence-corrected chi connectivity index (χ3v) is 4.49. The van der Waals surface area contributed by atoms with Crippen LogP contribution in [-0.4, -0.2) is 0 Å². The lowest BCUT2D eigenvalue weighted by molar-refractivity contribution is -0.142. The summed E-state index contributed by atoms with van der Waals surface area (Å²) in [5.41, 5.74) is 1.23. The molecule has 0 unspecified atom stereocenters. The topological polar surface area (TPSA) is 0 Å². The van der Waals surface area contributed by atoms with E-state index in [-0.39, 0.29) is 5.56 Å². The predicted molar refractivity (Wildman–Crippen MR) is 108 cm³/mol. The summed E-state index contributed by atoms with van der Waals surface area (Å²) >= 11 is 0. The summed E-state index contributed by atoms with van der Waals surface area (Å²) in [6, 6.07) is 15.6. The first-order chi connectivity index (χ1) is 14.3. The number of alkyl halides is 3. The van der Waals surface area contributed by atoms with Gasteiger partial charge >= 0.3 is 6.18 Å². The van der Waals surface area contributed by atoms with E-state index in [1.54, 1.807) is 24.3 Å². The Kier molecular flexibility index (Phi) is 6.37. The number of benzene rings is 3. The molecule has 3 aromatic carbocycles. The molecule has 3 aromatic rings. The van der Waals surface area contributed by atoms with Crippen molar-refractivity contribution in [2.45, 2.75) is 19.0 Å². The molecule has 0 fully saturated rings. The van der Waals surface area contributed by atoms with E-state index in [2.05, 4.69) is 18.4 Å². The van der Waals surface area contributed by atoms with Gasteiger partial charge in [-0.3, -0.25) is 0 Å². The largest absolute Gasteiger partial charge is 0.422 e. The fourth-order valence-electron chi connectivity index (χ4n) is 2.92. The molecule has 0 saturated heterocycles. The van der Waals surface area contributed by atoms with Crippen LogP contribution in [0.3, 0.4) is 0 Å². The quantitative estimate of drug-likeness (QED) is 0.242. The third kappa shape index (κ3) is 5.15. The maximum atomic E-state index is 13.8. The zero-order chi connectivity index (χ0) is 21.7. The fourth-order valence-corrected chi connectivity index (χ4v) is 2.92. The number of aryl methyl sites for hydroxylation is 1. The van der Waals surface area contributed by atoms with Crippen LogP contribution >= 0.6 is 0 Å². The van der Waals surface area contributed by atoms with Gasteiger partial charge in [0.2, 0.25) is 0 Å². The van der Waals surface area contributed by atoms with Gasteiger partial charge in [0, 0.05) is 11.1 Å². The highest BCUT2D eigenvalue weighted by atomic mass is 19.4. The molecular formula is C25H17F5. The third-order valence-electron chi connectivity index (χ3n) is 4.49. The zero-order valence-corrected chi connectivity index (χ0v) is 15.9. The second kappa shape index (κ2) is 8.96. The Balaban J connectivity index is 1.78. The fraction of sp³-hybridized carbons (Fsp3) is 0.120. The molecule has 0 aliphatic carbocycles. The Morgan fingerprint density at radius 3 is 1.73 bits per heavy atom. The van der Waals surface area contributed by atoms with Crippen molar-refractivity contribution in [3.8, 4) is 23.0 Å². The highest BCUT2D eigenvalue weighted by molar-refractivity contribution is 5.65. The summed E-state index contributed by atoms with van der Waals surface area (Å²) in [6.45, 7) is 3.70. The molecule has 0 nitrogen and oxygen atoms in total. The van der Waals surface area contributed by atoms with Crippen molar-refractivity contribution in [2.24, 2.45) is 0 Å². The van der Waals surface area contributed by atoms with Crippen LogP contribution in [0.15, 0.2) is 73.3 Å². The molecule has 0 bridgehead atoms. The standard InChI is InChI=1S/C25H17F5/c1-2-3-4-17-5-7-18(8-6-17)9-10-19-11-13-20(14-12-19)21-15-22(26)24(23(27)16-21)25(28,29)30/h2,5-8,11-16H,1,3-4H2. The van der Waals surface area contributed by atoms with E-state index in [0.717, 1.165) is 18.4 Å². The lowest BCUT2D eigenvalue weighted by Gasteiger charge is -2.11. The first-order valence-electron chi connectivity index (χ1n) is 9.16. The van der Waals surface area contributed by atoms with Crippen molar-refractivity contribution in [2.75, 3.05) is 0 Å². The summed E-state index contributed by atoms with van der Waals surface area (Å²) in [7, 11) is 0. The van der Waals surface area contributed by atoms with E-state index in [0.29, 0.717) is 23.3 Å². The van der Waals surface area contributed by atoms with Gasteiger partial charge in [-0.15, -0.1) is 6.58 Å². The van der Waals surface area contributed by atoms with Gasteiger partial charge in [-0.05, 0) is 65.9 Å². The average molecular weight is 412 g/mol. The molecule has 5 heteroatoms. The van der Waals surface area contributed by atoms with Crippen molar-refractivity contribution >= 4 is 0 Å². The van der Waals surface area contributed by atoms with Gasteiger partial charge in [-0.25, -0.2) is 8.78 Å². The van der Waals surface area contributed by atoms with Crippen LogP contribution < -0.4 is 0 Å². The Morgan fingerprint density at radius 2 is 1.27 bits per heavy atom. The molecule has 0 atom stereocenters. The molecule has 3 rings (SSSR count). The van der Waals surface area contributed by atoms with Gasteiger partial charge in [-0.1, -0.05) is 42.2 Å². The molecule has 0 aliphatic rings. The van der Waals surface area contributed by atoms with Crippen LogP contribution in [0.25, 0.3) is 11.1 Å². The van der Waals surface area contributed by atoms with Crippen LogP contribution in [0, 0.1) is 23.5 Å². The van der Waals surface area contributed by atoms with E-state index >= 15 is 0 Å². The van der Waals surface area contributed by atoms with Crippen LogP contribution in [0.2, 0.25) is 0 Å². The minimum atomic E-state index is -5.09. The Morgan fingerprint density at radius 1 is 0.767 bits per heavy atom. The summed E-state index contributed by atoms with van der Waals surface area (Å²) in [6.07, 6.45) is -1.39. The lowest BCUT2D eigenvalue weighted by Crippen LogP contribution is -2.11. The normalized spacial score (nSPS) is 11.0. The van der Waals surface area contributed by atoms with Gasteiger partial charge in [-0.2, -0.15) is 13.2 Å². The van der Waals surface area contributed by atoms with Gasteiger partial charge in [0.1, 0.15) is 17.2 Å². The Hall–Kier alpha value is -3.39. The summed E-state index contributed by atoms with van der Waals surface area (Å²) < 4.78 is 65.7. The molecular weight excluding hydrogens is 395 g/mol. The van der Waals surface area contributed by atoms with Crippen LogP contribution in [0.5, 0.6) is 0 Å². The van der Waals surface area contributed by atoms with Crippen molar-refractivity contribution in [3.05, 3.63) is 107 Å². The monoisotopic (exact) mass is 412 g/mol. The van der Waals surface area contributed by atoms with Crippen LogP contribution in [0.4, 0.5) is 22.0 Å². The van der Waals surface area contributed by atoms with E-state index in [1.165, 1.54) is 5.56 Å². The van der Waals surface area contributed by atoms with Crippen LogP contribution in [0.1, 0.15) is 28.7 Å². The second-order valence-electron chi connectivity index (χ2n) is 6.66. The zero-order valence-electron chi connectivity index (χ0n) is 15.9. The van der Waals surface area contributed by atoms with Crippen molar-refractivity contribution in [1.29, 1.82) is 0 Å². The first kappa shape index (κ1) is 21.3. The number of allylic oxidation sites excluding steroid dienone is 1. The maximum absolute atomic E-state index is 13.8. The van der Waals surface area contributed by atoms with E-state index in [1.807, 2.05) is 30.3 Å². The minimum absolute atomic E-state index is 0.0209. The molecule has 0 heterocycles. The minimum Gasteiger partial charge on any atom is -0.206 e. The molecule has 152 valence electrons. The molecule has 0 aliphatic heterocycles. The number of hydrogen-bond acceptors (Lipinski definition) is 0. The first-order valence-corrected chi connectivity index (χ1v) is 9.16. The molecule has 0 saturated carbocycles. The molecule has 30 heavy (non-hydrogen) atoms. The SMILES string of the molecule is C=CCCc1ccc(C#Cc2ccc(-c3cc(F)c(C(F)(F)F)c(F)c3)cc2)cc1. The maximum Gasteiger partial charge on any atom is 0.422 e. The lowest BCUT2D eigenvalue weighted by atomic mass is 10.0. The number of rotatable bonds is 4. The van der Waals surface area contributed by atoms with E-state index in [4.69, 9.17) is 0 Å². The summed E-state index contributed by atoms with van der Waals surface area (Å²) in [5.74, 6) is 2.74. The van der Waals surface area contributed by atoms with E-state index in [9.17, 15) is 22.0 Å². The van der Waals surface area contributed by atoms with Crippen molar-refractivity contribution in [1.82, 2.24) is 0 Å². The predicted octanol–water partition coefficient (Wildman–Crippen LogP) is 7.17. The number of hydrogen-bond donors (Lipinski definition) is 0. The second-order valence-corrected chi connectivity index (χ2v) is 6.66. The van der Waals surface area contributed by atoms with Crippen molar-refractivity contribution < 1.29 is 22.0 Å². The smallest absolute Gasteiger partial charge is 0.206 e. The number of halogens is 5. The molecule has 0 amide bonds. The van der Waals surface area contributed by atoms with Gasteiger partial charge < -0.3 is 0 Å². The highest BCUT2D eigenvalue weighted by Gasteiger charge is 2.37. The Bertz CT molecular complexity index is 1070. The molecule has 0 spiro atoms. The van der Waals surface area contributed by atoms with Gasteiger partial charge in [0.15, 0.2) is 0 Å².